The smallest absolute Gasteiger partial charge is 0.410 e. The fraction of sp³-hybridized carbons (Fsp3) is 0.444. The number of esters is 1. The molecule has 69 heavy (non-hydrogen) atoms. The van der Waals surface area contributed by atoms with E-state index in [2.05, 4.69) is 0 Å². The Balaban J connectivity index is 1.05. The number of likely N-dealkylation sites (N-methyl/N-ethyl adjacent to an activating group) is 1. The van der Waals surface area contributed by atoms with E-state index in [0.717, 1.165) is 0 Å². The number of non-ortho nitro benzene ring substituents is 3. The molecule has 4 heterocycles. The van der Waals surface area contributed by atoms with Crippen LogP contribution < -0.4 is 0 Å². The van der Waals surface area contributed by atoms with Crippen molar-refractivity contribution in [3.05, 3.63) is 130 Å². The summed E-state index contributed by atoms with van der Waals surface area (Å²) in [5.74, 6) is -3.09. The van der Waals surface area contributed by atoms with Gasteiger partial charge in [0.25, 0.3) is 17.1 Å². The second-order valence-corrected chi connectivity index (χ2v) is 18.6. The number of nitro groups is 3. The summed E-state index contributed by atoms with van der Waals surface area (Å²) in [5.41, 5.74) is 0.957. The van der Waals surface area contributed by atoms with E-state index in [0.29, 0.717) is 28.0 Å². The van der Waals surface area contributed by atoms with Gasteiger partial charge < -0.3 is 44.0 Å². The lowest BCUT2D eigenvalue weighted by Crippen LogP contribution is -2.63. The second kappa shape index (κ2) is 21.0. The molecule has 3 aromatic rings. The summed E-state index contributed by atoms with van der Waals surface area (Å²) in [6.07, 6.45) is -3.92. The summed E-state index contributed by atoms with van der Waals surface area (Å²) in [7, 11) is 1.52. The fourth-order valence-electron chi connectivity index (χ4n) is 9.05. The molecule has 2 N–H and O–H groups in total. The van der Waals surface area contributed by atoms with Crippen molar-refractivity contribution in [1.82, 2.24) is 19.6 Å². The number of ether oxygens (including phenoxy) is 3. The SMILES string of the molecule is C[C@@H](O)[C@H]1C(=O)N2C(C(=O)OCc3ccc([N+](=O)[O-])cc3)=C(S[C@H]3C[C@@H](C(O)CC(=O)N4CC[C@H](N(C)C(=O)OCc5ccc([N+](=O)[O-])cc5)C4)N(C(=O)OCc4ccc([N+](=O)[O-])cc4)C3)[C@H](C)[C@H]12. The maximum Gasteiger partial charge on any atom is 0.410 e. The Bertz CT molecular complexity index is 2530. The maximum absolute atomic E-state index is 13.9. The zero-order valence-electron chi connectivity index (χ0n) is 37.6. The number of carbonyl (C=O) groups is 5. The lowest BCUT2D eigenvalue weighted by molar-refractivity contribution is -0.385. The number of aliphatic hydroxyl groups excluding tert-OH is 2. The Morgan fingerprint density at radius 1 is 0.797 bits per heavy atom. The summed E-state index contributed by atoms with van der Waals surface area (Å²) in [5, 5.41) is 55.1. The quantitative estimate of drug-likeness (QED) is 0.0611. The molecule has 4 aliphatic rings. The molecule has 366 valence electrons. The number of fused-ring (bicyclic) bond motifs is 1. The molecule has 3 saturated heterocycles. The highest BCUT2D eigenvalue weighted by Crippen LogP contribution is 2.53. The first-order chi connectivity index (χ1) is 32.8. The first-order valence-electron chi connectivity index (χ1n) is 21.9. The van der Waals surface area contributed by atoms with Crippen molar-refractivity contribution in [3.8, 4) is 0 Å². The molecule has 0 aromatic heterocycles. The van der Waals surface area contributed by atoms with Crippen LogP contribution in [0.1, 0.15) is 49.8 Å². The van der Waals surface area contributed by atoms with E-state index in [1.54, 1.807) is 6.92 Å². The highest BCUT2D eigenvalue weighted by atomic mass is 32.2. The number of benzene rings is 3. The third-order valence-electron chi connectivity index (χ3n) is 12.9. The monoisotopic (exact) mass is 975 g/mol. The standard InChI is InChI=1S/C45H49N7O16S/c1-25-39-38(26(2)53)42(56)49(39)40(43(57)66-22-27-4-10-30(11-5-27)50(60)61)41(25)69-34-18-35(48(21-34)45(59)68-24-29-8-14-32(15-9-29)52(64)65)36(54)19-37(55)47-17-16-33(20-47)46(3)44(58)67-23-28-6-12-31(13-7-28)51(62)63/h4-15,25-26,33-36,38-39,53-54H,16-24H2,1-3H3/t25-,26-,33+,34+,35+,36?,38-,39-/m1/s1. The van der Waals surface area contributed by atoms with Crippen molar-refractivity contribution in [2.24, 2.45) is 11.8 Å². The molecule has 8 atom stereocenters. The first kappa shape index (κ1) is 49.7. The number of hydrogen-bond acceptors (Lipinski definition) is 17. The third kappa shape index (κ3) is 10.9. The van der Waals surface area contributed by atoms with E-state index in [9.17, 15) is 64.5 Å². The van der Waals surface area contributed by atoms with E-state index in [4.69, 9.17) is 14.2 Å². The Morgan fingerprint density at radius 3 is 1.81 bits per heavy atom. The van der Waals surface area contributed by atoms with Crippen LogP contribution in [0.2, 0.25) is 0 Å². The van der Waals surface area contributed by atoms with Crippen LogP contribution in [-0.2, 0) is 48.4 Å². The Morgan fingerprint density at radius 2 is 1.30 bits per heavy atom. The topological polar surface area (TPSA) is 296 Å². The highest BCUT2D eigenvalue weighted by molar-refractivity contribution is 8.03. The highest BCUT2D eigenvalue weighted by Gasteiger charge is 2.61. The normalized spacial score (nSPS) is 22.6. The zero-order valence-corrected chi connectivity index (χ0v) is 38.4. The minimum atomic E-state index is -1.43. The number of nitrogens with zero attached hydrogens (tertiary/aromatic N) is 7. The van der Waals surface area contributed by atoms with Crippen molar-refractivity contribution < 1.29 is 63.2 Å². The van der Waals surface area contributed by atoms with Crippen LogP contribution in [0.5, 0.6) is 0 Å². The molecule has 1 unspecified atom stereocenters. The summed E-state index contributed by atoms with van der Waals surface area (Å²) in [4.78, 5) is 106. The molecule has 4 amide bonds. The number of likely N-dealkylation sites (tertiary alicyclic amines) is 2. The van der Waals surface area contributed by atoms with Gasteiger partial charge in [-0.1, -0.05) is 6.92 Å². The molecular formula is C45H49N7O16S. The number of β-lactam (4-membered cyclic amide) rings is 1. The van der Waals surface area contributed by atoms with Crippen LogP contribution in [0.3, 0.4) is 0 Å². The molecule has 3 aromatic carbocycles. The number of nitro benzene ring substituents is 3. The Labute approximate surface area is 398 Å². The molecule has 24 heteroatoms. The van der Waals surface area contributed by atoms with E-state index < -0.39 is 98.6 Å². The molecule has 3 fully saturated rings. The average Bonchev–Trinajstić information content (AvgIpc) is 4.05. The Hall–Kier alpha value is -7.18. The minimum Gasteiger partial charge on any atom is -0.456 e. The molecule has 0 saturated carbocycles. The van der Waals surface area contributed by atoms with E-state index in [-0.39, 0.29) is 68.6 Å². The predicted octanol–water partition coefficient (Wildman–Crippen LogP) is 4.66. The first-order valence-corrected chi connectivity index (χ1v) is 22.8. The van der Waals surface area contributed by atoms with E-state index in [1.165, 1.54) is 118 Å². The van der Waals surface area contributed by atoms with Gasteiger partial charge in [-0.15, -0.1) is 11.8 Å². The van der Waals surface area contributed by atoms with Gasteiger partial charge in [0.2, 0.25) is 11.8 Å². The molecule has 7 rings (SSSR count). The molecular weight excluding hydrogens is 927 g/mol. The maximum atomic E-state index is 13.9. The summed E-state index contributed by atoms with van der Waals surface area (Å²) < 4.78 is 16.7. The van der Waals surface area contributed by atoms with E-state index in [1.807, 2.05) is 0 Å². The average molecular weight is 976 g/mol. The second-order valence-electron chi connectivity index (χ2n) is 17.3. The summed E-state index contributed by atoms with van der Waals surface area (Å²) in [6, 6.07) is 14.3. The number of aliphatic hydroxyl groups is 2. The van der Waals surface area contributed by atoms with Crippen molar-refractivity contribution in [2.75, 3.05) is 26.7 Å². The number of hydrogen-bond donors (Lipinski definition) is 2. The predicted molar refractivity (Wildman–Crippen MR) is 241 cm³/mol. The molecule has 0 radical (unpaired) electrons. The van der Waals surface area contributed by atoms with Gasteiger partial charge in [0.1, 0.15) is 25.5 Å². The van der Waals surface area contributed by atoms with Crippen LogP contribution >= 0.6 is 11.8 Å². The van der Waals surface area contributed by atoms with Gasteiger partial charge in [0.15, 0.2) is 0 Å². The van der Waals surface area contributed by atoms with Gasteiger partial charge in [-0.05, 0) is 72.9 Å². The van der Waals surface area contributed by atoms with Crippen molar-refractivity contribution >= 4 is 58.8 Å². The van der Waals surface area contributed by atoms with Crippen molar-refractivity contribution in [2.45, 2.75) is 88.5 Å². The van der Waals surface area contributed by atoms with Crippen LogP contribution in [-0.4, -0.2) is 137 Å². The summed E-state index contributed by atoms with van der Waals surface area (Å²) in [6.45, 7) is 2.92. The lowest BCUT2D eigenvalue weighted by atomic mass is 9.79. The zero-order chi connectivity index (χ0) is 49.8. The van der Waals surface area contributed by atoms with Gasteiger partial charge in [-0.3, -0.25) is 39.9 Å². The van der Waals surface area contributed by atoms with Crippen molar-refractivity contribution in [1.29, 1.82) is 0 Å². The minimum absolute atomic E-state index is 0.0436. The van der Waals surface area contributed by atoms with Crippen LogP contribution in [0.25, 0.3) is 0 Å². The van der Waals surface area contributed by atoms with Crippen LogP contribution in [0.15, 0.2) is 83.4 Å². The van der Waals surface area contributed by atoms with Crippen LogP contribution in [0.4, 0.5) is 26.7 Å². The van der Waals surface area contributed by atoms with Gasteiger partial charge in [-0.25, -0.2) is 14.4 Å². The molecule has 23 nitrogen and oxygen atoms in total. The third-order valence-corrected chi connectivity index (χ3v) is 14.3. The number of rotatable bonds is 17. The lowest BCUT2D eigenvalue weighted by Gasteiger charge is -2.46. The molecule has 4 aliphatic heterocycles. The van der Waals surface area contributed by atoms with Gasteiger partial charge >= 0.3 is 18.2 Å². The molecule has 0 aliphatic carbocycles. The molecule has 0 spiro atoms. The number of thioether (sulfide) groups is 1. The molecule has 0 bridgehead atoms. The fourth-order valence-corrected chi connectivity index (χ4v) is 10.6. The van der Waals surface area contributed by atoms with Gasteiger partial charge in [-0.2, -0.15) is 0 Å². The summed E-state index contributed by atoms with van der Waals surface area (Å²) >= 11 is 1.20. The largest absolute Gasteiger partial charge is 0.456 e. The number of amides is 4. The van der Waals surface area contributed by atoms with Crippen molar-refractivity contribution in [3.63, 3.8) is 0 Å². The van der Waals surface area contributed by atoms with Crippen LogP contribution in [0, 0.1) is 42.2 Å². The van der Waals surface area contributed by atoms with Gasteiger partial charge in [0.05, 0.1) is 57.4 Å². The van der Waals surface area contributed by atoms with E-state index >= 15 is 0 Å². The Kier molecular flexibility index (Phi) is 15.1. The number of carbonyl (C=O) groups excluding carboxylic acids is 5. The van der Waals surface area contributed by atoms with Gasteiger partial charge in [0, 0.05) is 79.2 Å².